The Hall–Kier alpha value is -1.69. The first-order valence-electron chi connectivity index (χ1n) is 11.6. The Balaban J connectivity index is 1.58. The molecule has 1 aromatic carbocycles. The summed E-state index contributed by atoms with van der Waals surface area (Å²) < 4.78 is 17.4. The highest BCUT2D eigenvalue weighted by molar-refractivity contribution is 5.91. The Bertz CT molecular complexity index is 728. The van der Waals surface area contributed by atoms with Gasteiger partial charge in [-0.05, 0) is 68.2 Å². The molecule has 0 fully saturated rings. The molecule has 1 aliphatic rings. The molecule has 1 amide bonds. The quantitative estimate of drug-likeness (QED) is 0.439. The first-order valence-corrected chi connectivity index (χ1v) is 11.6. The van der Waals surface area contributed by atoms with Gasteiger partial charge in [-0.3, -0.25) is 4.79 Å². The normalized spacial score (nSPS) is 16.5. The minimum atomic E-state index is -0.108. The number of rotatable bonds is 14. The molecule has 0 heterocycles. The fraction of sp³-hybridized carbons (Fsp3) is 0.654. The SMILES string of the molecule is CCC(C)(C)COCC(C)OCC(C)OCC(C)NC(=O)/C=C/c1ccc2c(c1)CC2. The molecule has 0 aromatic heterocycles. The average Bonchev–Trinajstić information content (AvgIpc) is 2.70. The Kier molecular flexibility index (Phi) is 10.2. The van der Waals surface area contributed by atoms with Gasteiger partial charge in [0, 0.05) is 12.1 Å². The smallest absolute Gasteiger partial charge is 0.244 e. The van der Waals surface area contributed by atoms with E-state index in [1.54, 1.807) is 6.08 Å². The van der Waals surface area contributed by atoms with E-state index in [0.717, 1.165) is 25.0 Å². The Morgan fingerprint density at radius 3 is 2.39 bits per heavy atom. The minimum absolute atomic E-state index is 0.0240. The fourth-order valence-electron chi connectivity index (χ4n) is 3.13. The molecular formula is C26H41NO4. The van der Waals surface area contributed by atoms with Gasteiger partial charge >= 0.3 is 0 Å². The number of hydrogen-bond acceptors (Lipinski definition) is 4. The number of aryl methyl sites for hydroxylation is 2. The van der Waals surface area contributed by atoms with Crippen molar-refractivity contribution in [3.05, 3.63) is 41.0 Å². The van der Waals surface area contributed by atoms with Crippen LogP contribution in [0.25, 0.3) is 6.08 Å². The highest BCUT2D eigenvalue weighted by Gasteiger charge is 2.16. The molecule has 5 nitrogen and oxygen atoms in total. The molecule has 31 heavy (non-hydrogen) atoms. The largest absolute Gasteiger partial charge is 0.378 e. The van der Waals surface area contributed by atoms with Gasteiger partial charge < -0.3 is 19.5 Å². The minimum Gasteiger partial charge on any atom is -0.378 e. The van der Waals surface area contributed by atoms with Gasteiger partial charge in [-0.25, -0.2) is 0 Å². The summed E-state index contributed by atoms with van der Waals surface area (Å²) in [6.45, 7) is 14.8. The molecule has 0 saturated heterocycles. The molecule has 0 aliphatic heterocycles. The van der Waals surface area contributed by atoms with Crippen LogP contribution < -0.4 is 5.32 Å². The van der Waals surface area contributed by atoms with E-state index in [2.05, 4.69) is 44.3 Å². The Morgan fingerprint density at radius 1 is 1.06 bits per heavy atom. The van der Waals surface area contributed by atoms with Gasteiger partial charge in [-0.15, -0.1) is 0 Å². The number of benzene rings is 1. The van der Waals surface area contributed by atoms with Gasteiger partial charge in [0.1, 0.15) is 0 Å². The van der Waals surface area contributed by atoms with Crippen LogP contribution in [0.1, 0.15) is 64.7 Å². The highest BCUT2D eigenvalue weighted by Crippen LogP contribution is 2.24. The van der Waals surface area contributed by atoms with Gasteiger partial charge in [0.2, 0.25) is 5.91 Å². The van der Waals surface area contributed by atoms with Crippen molar-refractivity contribution < 1.29 is 19.0 Å². The second-order valence-corrected chi connectivity index (χ2v) is 9.59. The number of carbonyl (C=O) groups is 1. The lowest BCUT2D eigenvalue weighted by molar-refractivity contribution is -0.117. The van der Waals surface area contributed by atoms with Gasteiger partial charge in [0.25, 0.3) is 0 Å². The van der Waals surface area contributed by atoms with E-state index in [-0.39, 0.29) is 29.6 Å². The summed E-state index contributed by atoms with van der Waals surface area (Å²) >= 11 is 0. The number of fused-ring (bicyclic) bond motifs is 1. The molecule has 174 valence electrons. The lowest BCUT2D eigenvalue weighted by Crippen LogP contribution is -2.36. The van der Waals surface area contributed by atoms with Crippen LogP contribution in [0.5, 0.6) is 0 Å². The van der Waals surface area contributed by atoms with Crippen LogP contribution in [0, 0.1) is 5.41 Å². The third-order valence-electron chi connectivity index (χ3n) is 5.76. The van der Waals surface area contributed by atoms with E-state index in [1.807, 2.05) is 26.8 Å². The lowest BCUT2D eigenvalue weighted by atomic mass is 9.87. The fourth-order valence-corrected chi connectivity index (χ4v) is 3.13. The van der Waals surface area contributed by atoms with E-state index >= 15 is 0 Å². The maximum Gasteiger partial charge on any atom is 0.244 e. The predicted octanol–water partition coefficient (Wildman–Crippen LogP) is 4.57. The molecular weight excluding hydrogens is 390 g/mol. The van der Waals surface area contributed by atoms with Gasteiger partial charge in [-0.1, -0.05) is 39.0 Å². The number of nitrogens with one attached hydrogen (secondary N) is 1. The highest BCUT2D eigenvalue weighted by atomic mass is 16.6. The maximum atomic E-state index is 12.2. The van der Waals surface area contributed by atoms with E-state index in [0.29, 0.717) is 19.8 Å². The van der Waals surface area contributed by atoms with Crippen molar-refractivity contribution in [1.29, 1.82) is 0 Å². The topological polar surface area (TPSA) is 56.8 Å². The maximum absolute atomic E-state index is 12.2. The lowest BCUT2D eigenvalue weighted by Gasteiger charge is -2.24. The molecule has 0 radical (unpaired) electrons. The zero-order valence-electron chi connectivity index (χ0n) is 20.2. The van der Waals surface area contributed by atoms with E-state index in [1.165, 1.54) is 17.5 Å². The zero-order chi connectivity index (χ0) is 22.9. The van der Waals surface area contributed by atoms with Crippen molar-refractivity contribution in [2.75, 3.05) is 26.4 Å². The molecule has 2 rings (SSSR count). The van der Waals surface area contributed by atoms with Crippen molar-refractivity contribution in [3.63, 3.8) is 0 Å². The van der Waals surface area contributed by atoms with Crippen LogP contribution >= 0.6 is 0 Å². The second kappa shape index (κ2) is 12.4. The summed E-state index contributed by atoms with van der Waals surface area (Å²) in [6, 6.07) is 6.30. The number of amides is 1. The van der Waals surface area contributed by atoms with Crippen LogP contribution in [0.3, 0.4) is 0 Å². The summed E-state index contributed by atoms with van der Waals surface area (Å²) in [5.74, 6) is -0.108. The summed E-state index contributed by atoms with van der Waals surface area (Å²) in [5, 5.41) is 2.95. The molecule has 0 spiro atoms. The van der Waals surface area contributed by atoms with E-state index < -0.39 is 0 Å². The van der Waals surface area contributed by atoms with Crippen molar-refractivity contribution in [2.45, 2.75) is 79.1 Å². The molecule has 3 unspecified atom stereocenters. The summed E-state index contributed by atoms with van der Waals surface area (Å²) in [7, 11) is 0. The van der Waals surface area contributed by atoms with Gasteiger partial charge in [0.15, 0.2) is 0 Å². The van der Waals surface area contributed by atoms with Crippen molar-refractivity contribution in [2.24, 2.45) is 5.41 Å². The van der Waals surface area contributed by atoms with Gasteiger partial charge in [0.05, 0.1) is 38.6 Å². The third-order valence-corrected chi connectivity index (χ3v) is 5.76. The molecule has 1 aliphatic carbocycles. The Morgan fingerprint density at radius 2 is 1.74 bits per heavy atom. The molecule has 3 atom stereocenters. The van der Waals surface area contributed by atoms with Crippen LogP contribution in [0.2, 0.25) is 0 Å². The van der Waals surface area contributed by atoms with Crippen molar-refractivity contribution >= 4 is 12.0 Å². The number of carbonyl (C=O) groups excluding carboxylic acids is 1. The first kappa shape index (κ1) is 25.6. The van der Waals surface area contributed by atoms with Crippen molar-refractivity contribution in [1.82, 2.24) is 5.32 Å². The molecule has 5 heteroatoms. The van der Waals surface area contributed by atoms with Crippen molar-refractivity contribution in [3.8, 4) is 0 Å². The molecule has 0 bridgehead atoms. The van der Waals surface area contributed by atoms with E-state index in [4.69, 9.17) is 14.2 Å². The zero-order valence-corrected chi connectivity index (χ0v) is 20.2. The van der Waals surface area contributed by atoms with Crippen LogP contribution in [-0.2, 0) is 31.8 Å². The molecule has 0 saturated carbocycles. The monoisotopic (exact) mass is 431 g/mol. The molecule has 1 N–H and O–H groups in total. The number of ether oxygens (including phenoxy) is 3. The predicted molar refractivity (Wildman–Crippen MR) is 126 cm³/mol. The summed E-state index contributed by atoms with van der Waals surface area (Å²) in [5.41, 5.74) is 4.09. The first-order chi connectivity index (χ1) is 14.7. The van der Waals surface area contributed by atoms with Crippen LogP contribution in [0.15, 0.2) is 24.3 Å². The summed E-state index contributed by atoms with van der Waals surface area (Å²) in [6.07, 6.45) is 6.83. The van der Waals surface area contributed by atoms with Gasteiger partial charge in [-0.2, -0.15) is 0 Å². The van der Waals surface area contributed by atoms with Crippen LogP contribution in [0.4, 0.5) is 0 Å². The average molecular weight is 432 g/mol. The standard InChI is InChI=1S/C26H41NO4/c1-7-26(5,6)18-29-16-20(3)31-17-21(4)30-15-19(2)27-25(28)13-9-22-8-10-23-11-12-24(23)14-22/h8-10,13-14,19-21H,7,11-12,15-18H2,1-6H3,(H,27,28)/b13-9+. The van der Waals surface area contributed by atoms with Crippen LogP contribution in [-0.4, -0.2) is 50.6 Å². The van der Waals surface area contributed by atoms with E-state index in [9.17, 15) is 4.79 Å². The number of hydrogen-bond donors (Lipinski definition) is 1. The Labute approximate surface area is 188 Å². The molecule has 1 aromatic rings. The third kappa shape index (κ3) is 9.55. The second-order valence-electron chi connectivity index (χ2n) is 9.59. The summed E-state index contributed by atoms with van der Waals surface area (Å²) in [4.78, 5) is 12.2.